The molecule has 0 saturated carbocycles. The summed E-state index contributed by atoms with van der Waals surface area (Å²) in [7, 11) is -3.76. The number of carbonyl (C=O) groups excluding carboxylic acids is 2. The zero-order valence-electron chi connectivity index (χ0n) is 14.3. The number of hydrogen-bond acceptors (Lipinski definition) is 4. The minimum Gasteiger partial charge on any atom is -0.348 e. The monoisotopic (exact) mass is 410 g/mol. The molecule has 9 heteroatoms. The molecule has 1 fully saturated rings. The summed E-state index contributed by atoms with van der Waals surface area (Å²) in [5, 5.41) is 2.54. The molecule has 2 aromatic carbocycles. The first kappa shape index (κ1) is 19.3. The second-order valence-electron chi connectivity index (χ2n) is 6.22. The van der Waals surface area contributed by atoms with E-state index in [9.17, 15) is 22.4 Å². The lowest BCUT2D eigenvalue weighted by molar-refractivity contribution is -0.119. The number of amides is 2. The van der Waals surface area contributed by atoms with Crippen LogP contribution in [0.5, 0.6) is 0 Å². The number of carbonyl (C=O) groups is 2. The van der Waals surface area contributed by atoms with Crippen molar-refractivity contribution in [2.75, 3.05) is 10.1 Å². The fourth-order valence-electron chi connectivity index (χ4n) is 2.81. The van der Waals surface area contributed by atoms with E-state index in [0.717, 1.165) is 0 Å². The molecular formula is C18H16ClFN2O4S. The van der Waals surface area contributed by atoms with Crippen LogP contribution in [0, 0.1) is 11.7 Å². The number of nitrogens with zero attached hydrogens (tertiary/aromatic N) is 1. The van der Waals surface area contributed by atoms with Crippen LogP contribution in [0.4, 0.5) is 10.1 Å². The Hall–Kier alpha value is -2.45. The first-order valence-electron chi connectivity index (χ1n) is 8.08. The van der Waals surface area contributed by atoms with E-state index in [2.05, 4.69) is 5.32 Å². The molecule has 142 valence electrons. The van der Waals surface area contributed by atoms with Crippen LogP contribution in [0.3, 0.4) is 0 Å². The highest BCUT2D eigenvalue weighted by Gasteiger charge is 2.42. The molecule has 0 unspecified atom stereocenters. The Bertz CT molecular complexity index is 1030. The zero-order chi connectivity index (χ0) is 19.8. The maximum absolute atomic E-state index is 13.6. The van der Waals surface area contributed by atoms with Gasteiger partial charge in [-0.3, -0.25) is 9.59 Å². The first-order chi connectivity index (χ1) is 12.7. The average Bonchev–Trinajstić information content (AvgIpc) is 2.81. The van der Waals surface area contributed by atoms with Crippen LogP contribution >= 0.6 is 11.6 Å². The normalized spacial score (nSPS) is 18.6. The van der Waals surface area contributed by atoms with Crippen molar-refractivity contribution < 1.29 is 22.4 Å². The smallest absolute Gasteiger partial charge is 0.253 e. The fraction of sp³-hybridized carbons (Fsp3) is 0.222. The van der Waals surface area contributed by atoms with Crippen LogP contribution < -0.4 is 9.62 Å². The highest BCUT2D eigenvalue weighted by Crippen LogP contribution is 2.31. The van der Waals surface area contributed by atoms with Crippen molar-refractivity contribution in [3.63, 3.8) is 0 Å². The standard InChI is InChI=1S/C18H16ClFN2O4S/c1-11-10-27(25,26)22(18(11)24)13-6-7-14(15(19)8-13)17(23)21-9-12-4-2-3-5-16(12)20/h2-8,11H,9-10H2,1H3,(H,21,23)/t11-/m1/s1. The van der Waals surface area contributed by atoms with Gasteiger partial charge in [0.05, 0.1) is 27.9 Å². The lowest BCUT2D eigenvalue weighted by atomic mass is 10.1. The van der Waals surface area contributed by atoms with Crippen LogP contribution in [0.2, 0.25) is 5.02 Å². The third-order valence-electron chi connectivity index (χ3n) is 4.19. The summed E-state index contributed by atoms with van der Waals surface area (Å²) in [6.45, 7) is 1.51. The summed E-state index contributed by atoms with van der Waals surface area (Å²) >= 11 is 6.13. The van der Waals surface area contributed by atoms with Crippen LogP contribution in [0.15, 0.2) is 42.5 Å². The number of rotatable bonds is 4. The Morgan fingerprint density at radius 3 is 2.59 bits per heavy atom. The lowest BCUT2D eigenvalue weighted by Gasteiger charge is -2.16. The number of halogens is 2. The van der Waals surface area contributed by atoms with E-state index in [0.29, 0.717) is 9.87 Å². The van der Waals surface area contributed by atoms with E-state index in [1.807, 2.05) is 0 Å². The van der Waals surface area contributed by atoms with Crippen molar-refractivity contribution in [3.8, 4) is 0 Å². The van der Waals surface area contributed by atoms with Crippen LogP contribution in [-0.2, 0) is 21.4 Å². The van der Waals surface area contributed by atoms with Gasteiger partial charge in [0.25, 0.3) is 5.91 Å². The zero-order valence-corrected chi connectivity index (χ0v) is 15.8. The molecule has 27 heavy (non-hydrogen) atoms. The Kier molecular flexibility index (Phi) is 5.21. The van der Waals surface area contributed by atoms with Crippen molar-refractivity contribution in [1.82, 2.24) is 5.32 Å². The third-order valence-corrected chi connectivity index (χ3v) is 6.37. The maximum atomic E-state index is 13.6. The molecule has 1 heterocycles. The van der Waals surface area contributed by atoms with Gasteiger partial charge in [-0.15, -0.1) is 0 Å². The SMILES string of the molecule is C[C@@H]1CS(=O)(=O)N(c2ccc(C(=O)NCc3ccccc3F)c(Cl)c2)C1=O. The van der Waals surface area contributed by atoms with Gasteiger partial charge in [0.2, 0.25) is 15.9 Å². The van der Waals surface area contributed by atoms with Crippen LogP contribution in [0.1, 0.15) is 22.8 Å². The number of anilines is 1. The Morgan fingerprint density at radius 1 is 1.30 bits per heavy atom. The van der Waals surface area contributed by atoms with E-state index in [-0.39, 0.29) is 28.6 Å². The molecule has 1 aliphatic heterocycles. The second-order valence-corrected chi connectivity index (χ2v) is 8.49. The van der Waals surface area contributed by atoms with Crippen LogP contribution in [0.25, 0.3) is 0 Å². The highest BCUT2D eigenvalue weighted by atomic mass is 35.5. The van der Waals surface area contributed by atoms with Gasteiger partial charge in [-0.1, -0.05) is 36.7 Å². The lowest BCUT2D eigenvalue weighted by Crippen LogP contribution is -2.30. The largest absolute Gasteiger partial charge is 0.348 e. The van der Waals surface area contributed by atoms with Gasteiger partial charge in [0.15, 0.2) is 0 Å². The highest BCUT2D eigenvalue weighted by molar-refractivity contribution is 7.94. The number of sulfonamides is 1. The van der Waals surface area contributed by atoms with Crippen LogP contribution in [-0.4, -0.2) is 26.0 Å². The van der Waals surface area contributed by atoms with Gasteiger partial charge < -0.3 is 5.32 Å². The molecule has 0 aliphatic carbocycles. The summed E-state index contributed by atoms with van der Waals surface area (Å²) in [5.41, 5.74) is 0.496. The molecule has 2 aromatic rings. The maximum Gasteiger partial charge on any atom is 0.253 e. The van der Waals surface area contributed by atoms with Crippen molar-refractivity contribution in [2.45, 2.75) is 13.5 Å². The van der Waals surface area contributed by atoms with E-state index in [1.165, 1.54) is 31.2 Å². The molecule has 0 bridgehead atoms. The van der Waals surface area contributed by atoms with E-state index in [1.54, 1.807) is 18.2 Å². The number of hydrogen-bond donors (Lipinski definition) is 1. The molecule has 1 atom stereocenters. The average molecular weight is 411 g/mol. The summed E-state index contributed by atoms with van der Waals surface area (Å²) in [6, 6.07) is 9.97. The molecule has 3 rings (SSSR count). The van der Waals surface area contributed by atoms with Gasteiger partial charge in [-0.2, -0.15) is 0 Å². The summed E-state index contributed by atoms with van der Waals surface area (Å²) in [5.74, 6) is -2.43. The summed E-state index contributed by atoms with van der Waals surface area (Å²) in [6.07, 6.45) is 0. The molecule has 1 aliphatic rings. The van der Waals surface area contributed by atoms with Gasteiger partial charge in [0.1, 0.15) is 5.82 Å². The topological polar surface area (TPSA) is 83.6 Å². The predicted molar refractivity (Wildman–Crippen MR) is 99.5 cm³/mol. The molecule has 0 spiro atoms. The van der Waals surface area contributed by atoms with E-state index in [4.69, 9.17) is 11.6 Å². The van der Waals surface area contributed by atoms with Gasteiger partial charge in [-0.25, -0.2) is 17.1 Å². The van der Waals surface area contributed by atoms with Gasteiger partial charge in [-0.05, 0) is 24.3 Å². The van der Waals surface area contributed by atoms with Gasteiger partial charge in [0, 0.05) is 12.1 Å². The van der Waals surface area contributed by atoms with Crippen molar-refractivity contribution in [1.29, 1.82) is 0 Å². The van der Waals surface area contributed by atoms with E-state index >= 15 is 0 Å². The minimum atomic E-state index is -3.76. The predicted octanol–water partition coefficient (Wildman–Crippen LogP) is 2.72. The van der Waals surface area contributed by atoms with E-state index < -0.39 is 33.6 Å². The number of benzene rings is 2. The Balaban J connectivity index is 1.80. The molecule has 1 saturated heterocycles. The molecule has 2 amide bonds. The van der Waals surface area contributed by atoms with Crippen molar-refractivity contribution in [3.05, 3.63) is 64.4 Å². The first-order valence-corrected chi connectivity index (χ1v) is 10.1. The minimum absolute atomic E-state index is 0.0129. The summed E-state index contributed by atoms with van der Waals surface area (Å²) < 4.78 is 38.6. The fourth-order valence-corrected chi connectivity index (χ4v) is 4.89. The Morgan fingerprint density at radius 2 is 2.00 bits per heavy atom. The molecule has 0 aromatic heterocycles. The number of nitrogens with one attached hydrogen (secondary N) is 1. The Labute approximate surface area is 161 Å². The molecular weight excluding hydrogens is 395 g/mol. The summed E-state index contributed by atoms with van der Waals surface area (Å²) in [4.78, 5) is 24.4. The van der Waals surface area contributed by atoms with Crippen molar-refractivity contribution >= 4 is 39.1 Å². The molecule has 1 N–H and O–H groups in total. The molecule has 6 nitrogen and oxygen atoms in total. The quantitative estimate of drug-likeness (QED) is 0.840. The second kappa shape index (κ2) is 7.28. The van der Waals surface area contributed by atoms with Gasteiger partial charge >= 0.3 is 0 Å². The third kappa shape index (κ3) is 3.81. The van der Waals surface area contributed by atoms with Crippen molar-refractivity contribution in [2.24, 2.45) is 5.92 Å². The molecule has 0 radical (unpaired) electrons.